The molecule has 2 aromatic carbocycles. The standard InChI is InChI=1S/C25H36O4Si/c1-5-18-27-23-14-16-24(17-15-23)29-25(26)21-10-12-22(13-11-21)28-19-8-6-7-9-20-30(2,3)4/h10-17H,5-9,18-20H2,1-4H3. The lowest BCUT2D eigenvalue weighted by Crippen LogP contribution is -2.18. The van der Waals surface area contributed by atoms with E-state index in [9.17, 15) is 4.79 Å². The molecule has 30 heavy (non-hydrogen) atoms. The molecule has 2 rings (SSSR count). The Hall–Kier alpha value is -2.27. The molecule has 0 fully saturated rings. The van der Waals surface area contributed by atoms with Crippen molar-refractivity contribution in [3.05, 3.63) is 54.1 Å². The van der Waals surface area contributed by atoms with Gasteiger partial charge in [-0.2, -0.15) is 0 Å². The van der Waals surface area contributed by atoms with Crippen LogP contribution in [0.2, 0.25) is 25.7 Å². The van der Waals surface area contributed by atoms with Crippen molar-refractivity contribution < 1.29 is 19.0 Å². The van der Waals surface area contributed by atoms with E-state index in [1.165, 1.54) is 25.3 Å². The molecule has 0 saturated heterocycles. The first kappa shape index (κ1) is 24.0. The lowest BCUT2D eigenvalue weighted by Gasteiger charge is -2.14. The summed E-state index contributed by atoms with van der Waals surface area (Å²) in [7, 11) is -0.900. The minimum atomic E-state index is -0.900. The quantitative estimate of drug-likeness (QED) is 0.149. The molecule has 164 valence electrons. The van der Waals surface area contributed by atoms with Crippen LogP contribution in [0, 0.1) is 0 Å². The highest BCUT2D eigenvalue weighted by molar-refractivity contribution is 6.76. The van der Waals surface area contributed by atoms with E-state index in [2.05, 4.69) is 26.6 Å². The third-order valence-electron chi connectivity index (χ3n) is 4.69. The summed E-state index contributed by atoms with van der Waals surface area (Å²) in [5, 5.41) is 0. The Kier molecular flexibility index (Phi) is 9.94. The second kappa shape index (κ2) is 12.4. The molecule has 0 radical (unpaired) electrons. The monoisotopic (exact) mass is 428 g/mol. The van der Waals surface area contributed by atoms with E-state index in [1.54, 1.807) is 36.4 Å². The molecule has 0 atom stereocenters. The number of benzene rings is 2. The predicted octanol–water partition coefficient (Wildman–Crippen LogP) is 6.97. The number of ether oxygens (including phenoxy) is 3. The van der Waals surface area contributed by atoms with Crippen LogP contribution in [0.15, 0.2) is 48.5 Å². The van der Waals surface area contributed by atoms with Crippen LogP contribution in [0.3, 0.4) is 0 Å². The van der Waals surface area contributed by atoms with E-state index in [0.29, 0.717) is 24.5 Å². The Balaban J connectivity index is 1.70. The minimum absolute atomic E-state index is 0.383. The molecule has 4 nitrogen and oxygen atoms in total. The Labute approximate surface area is 182 Å². The molecule has 0 aliphatic rings. The maximum Gasteiger partial charge on any atom is 0.343 e. The molecule has 0 saturated carbocycles. The summed E-state index contributed by atoms with van der Waals surface area (Å²) in [6.45, 7) is 10.7. The summed E-state index contributed by atoms with van der Waals surface area (Å²) < 4.78 is 16.8. The first-order chi connectivity index (χ1) is 14.4. The van der Waals surface area contributed by atoms with Crippen molar-refractivity contribution in [1.82, 2.24) is 0 Å². The molecule has 0 N–H and O–H groups in total. The molecule has 2 aromatic rings. The maximum absolute atomic E-state index is 12.3. The SMILES string of the molecule is CCCOc1ccc(OC(=O)c2ccc(OCCCCCC[Si](C)(C)C)cc2)cc1. The van der Waals surface area contributed by atoms with Crippen LogP contribution in [-0.2, 0) is 0 Å². The summed E-state index contributed by atoms with van der Waals surface area (Å²) in [5.74, 6) is 1.67. The van der Waals surface area contributed by atoms with Gasteiger partial charge in [-0.15, -0.1) is 0 Å². The normalized spacial score (nSPS) is 11.2. The van der Waals surface area contributed by atoms with Gasteiger partial charge in [0, 0.05) is 8.07 Å². The molecule has 0 spiro atoms. The third-order valence-corrected chi connectivity index (χ3v) is 6.54. The zero-order valence-corrected chi connectivity index (χ0v) is 19.9. The van der Waals surface area contributed by atoms with Crippen LogP contribution in [0.25, 0.3) is 0 Å². The molecule has 0 aromatic heterocycles. The van der Waals surface area contributed by atoms with Crippen molar-refractivity contribution in [2.75, 3.05) is 13.2 Å². The molecular formula is C25H36O4Si. The van der Waals surface area contributed by atoms with Crippen molar-refractivity contribution in [2.45, 2.75) is 64.7 Å². The van der Waals surface area contributed by atoms with Crippen LogP contribution in [0.1, 0.15) is 49.4 Å². The van der Waals surface area contributed by atoms with Gasteiger partial charge in [0.15, 0.2) is 0 Å². The fourth-order valence-electron chi connectivity index (χ4n) is 2.98. The molecule has 0 unspecified atom stereocenters. The molecule has 0 heterocycles. The maximum atomic E-state index is 12.3. The summed E-state index contributed by atoms with van der Waals surface area (Å²) in [4.78, 5) is 12.3. The van der Waals surface area contributed by atoms with E-state index in [-0.39, 0.29) is 5.97 Å². The van der Waals surface area contributed by atoms with Gasteiger partial charge in [0.25, 0.3) is 0 Å². The van der Waals surface area contributed by atoms with Crippen LogP contribution in [0.5, 0.6) is 17.2 Å². The van der Waals surface area contributed by atoms with E-state index >= 15 is 0 Å². The average molecular weight is 429 g/mol. The molecular weight excluding hydrogens is 392 g/mol. The van der Waals surface area contributed by atoms with Crippen LogP contribution in [0.4, 0.5) is 0 Å². The summed E-state index contributed by atoms with van der Waals surface area (Å²) in [5.41, 5.74) is 0.500. The smallest absolute Gasteiger partial charge is 0.343 e. The van der Waals surface area contributed by atoms with Gasteiger partial charge in [-0.3, -0.25) is 0 Å². The zero-order valence-electron chi connectivity index (χ0n) is 18.9. The van der Waals surface area contributed by atoms with Gasteiger partial charge in [0.2, 0.25) is 0 Å². The van der Waals surface area contributed by atoms with E-state index in [4.69, 9.17) is 14.2 Å². The number of carbonyl (C=O) groups excluding carboxylic acids is 1. The number of carbonyl (C=O) groups is 1. The first-order valence-electron chi connectivity index (χ1n) is 11.1. The largest absolute Gasteiger partial charge is 0.494 e. The van der Waals surface area contributed by atoms with E-state index < -0.39 is 8.07 Å². The molecule has 0 amide bonds. The summed E-state index contributed by atoms with van der Waals surface area (Å²) >= 11 is 0. The number of esters is 1. The molecule has 0 aliphatic heterocycles. The Morgan fingerprint density at radius 3 is 1.87 bits per heavy atom. The fourth-order valence-corrected chi connectivity index (χ4v) is 4.29. The van der Waals surface area contributed by atoms with E-state index in [1.807, 2.05) is 12.1 Å². The van der Waals surface area contributed by atoms with Crippen LogP contribution < -0.4 is 14.2 Å². The number of rotatable bonds is 13. The van der Waals surface area contributed by atoms with Crippen molar-refractivity contribution in [1.29, 1.82) is 0 Å². The molecule has 5 heteroatoms. The topological polar surface area (TPSA) is 44.8 Å². The van der Waals surface area contributed by atoms with Gasteiger partial charge in [-0.1, -0.05) is 51.9 Å². The van der Waals surface area contributed by atoms with Crippen LogP contribution >= 0.6 is 0 Å². The second-order valence-electron chi connectivity index (χ2n) is 8.81. The van der Waals surface area contributed by atoms with Crippen LogP contribution in [-0.4, -0.2) is 27.3 Å². The second-order valence-corrected chi connectivity index (χ2v) is 14.4. The Morgan fingerprint density at radius 2 is 1.27 bits per heavy atom. The predicted molar refractivity (Wildman–Crippen MR) is 126 cm³/mol. The summed E-state index contributed by atoms with van der Waals surface area (Å²) in [6, 6.07) is 15.6. The Bertz CT molecular complexity index is 748. The number of hydrogen-bond acceptors (Lipinski definition) is 4. The first-order valence-corrected chi connectivity index (χ1v) is 14.8. The zero-order chi connectivity index (χ0) is 21.8. The Morgan fingerprint density at radius 1 is 0.733 bits per heavy atom. The highest BCUT2D eigenvalue weighted by Gasteiger charge is 2.11. The van der Waals surface area contributed by atoms with Gasteiger partial charge in [0.1, 0.15) is 17.2 Å². The van der Waals surface area contributed by atoms with Gasteiger partial charge in [-0.05, 0) is 61.4 Å². The molecule has 0 bridgehead atoms. The highest BCUT2D eigenvalue weighted by atomic mass is 28.3. The third kappa shape index (κ3) is 9.48. The van der Waals surface area contributed by atoms with Crippen molar-refractivity contribution >= 4 is 14.0 Å². The number of unbranched alkanes of at least 4 members (excludes halogenated alkanes) is 3. The van der Waals surface area contributed by atoms with Gasteiger partial charge < -0.3 is 14.2 Å². The van der Waals surface area contributed by atoms with Crippen molar-refractivity contribution in [2.24, 2.45) is 0 Å². The van der Waals surface area contributed by atoms with Crippen molar-refractivity contribution in [3.8, 4) is 17.2 Å². The van der Waals surface area contributed by atoms with E-state index in [0.717, 1.165) is 24.3 Å². The summed E-state index contributed by atoms with van der Waals surface area (Å²) in [6.07, 6.45) is 5.84. The van der Waals surface area contributed by atoms with Crippen molar-refractivity contribution in [3.63, 3.8) is 0 Å². The van der Waals surface area contributed by atoms with Gasteiger partial charge in [0.05, 0.1) is 18.8 Å². The lowest BCUT2D eigenvalue weighted by atomic mass is 10.2. The van der Waals surface area contributed by atoms with Gasteiger partial charge >= 0.3 is 5.97 Å². The highest BCUT2D eigenvalue weighted by Crippen LogP contribution is 2.20. The minimum Gasteiger partial charge on any atom is -0.494 e. The fraction of sp³-hybridized carbons (Fsp3) is 0.480. The molecule has 0 aliphatic carbocycles. The average Bonchev–Trinajstić information content (AvgIpc) is 2.72. The number of hydrogen-bond donors (Lipinski definition) is 0. The van der Waals surface area contributed by atoms with Gasteiger partial charge in [-0.25, -0.2) is 4.79 Å². The lowest BCUT2D eigenvalue weighted by molar-refractivity contribution is 0.0734.